The topological polar surface area (TPSA) is 94.0 Å². The maximum Gasteiger partial charge on any atom is 0.401 e. The highest BCUT2D eigenvalue weighted by atomic mass is 19.4. The van der Waals surface area contributed by atoms with E-state index in [4.69, 9.17) is 10.3 Å². The van der Waals surface area contributed by atoms with Crippen LogP contribution < -0.4 is 11.1 Å². The predicted molar refractivity (Wildman–Crippen MR) is 99.8 cm³/mol. The van der Waals surface area contributed by atoms with Crippen LogP contribution in [0, 0.1) is 5.95 Å². The molecule has 0 bridgehead atoms. The summed E-state index contributed by atoms with van der Waals surface area (Å²) in [4.78, 5) is 15.8. The number of amides is 1. The smallest absolute Gasteiger partial charge is 0.384 e. The molecule has 0 aliphatic heterocycles. The molecule has 156 valence electrons. The number of hydrogen-bond acceptors (Lipinski definition) is 5. The molecule has 2 aromatic heterocycles. The van der Waals surface area contributed by atoms with Gasteiger partial charge in [0.25, 0.3) is 0 Å². The van der Waals surface area contributed by atoms with Crippen LogP contribution in [0.1, 0.15) is 24.2 Å². The number of nitrogens with one attached hydrogen (secondary N) is 1. The minimum absolute atomic E-state index is 0.0463. The Balaban J connectivity index is 1.40. The first-order valence-electron chi connectivity index (χ1n) is 9.03. The molecular formula is C20H16F4N4O2. The zero-order chi connectivity index (χ0) is 21.5. The van der Waals surface area contributed by atoms with Crippen molar-refractivity contribution in [1.82, 2.24) is 10.1 Å². The number of carbonyl (C=O) groups is 1. The highest BCUT2D eigenvalue weighted by molar-refractivity contribution is 5.91. The standard InChI is InChI=1S/C20H16F4N4O2/c21-18-13(5-6-15(25)26-18)12-3-1-11(2-4-12)9-17(29)27-16-10-14(30-28-16)19(7-8-19)20(22,23)24/h1-6,10H,7-9H2,(H2,25,26)(H,27,28,29). The zero-order valence-electron chi connectivity index (χ0n) is 15.5. The fourth-order valence-corrected chi connectivity index (χ4v) is 3.19. The van der Waals surface area contributed by atoms with Crippen LogP contribution in [-0.2, 0) is 16.6 Å². The largest absolute Gasteiger partial charge is 0.401 e. The number of carbonyl (C=O) groups excluding carboxylic acids is 1. The average molecular weight is 420 g/mol. The summed E-state index contributed by atoms with van der Waals surface area (Å²) in [7, 11) is 0. The van der Waals surface area contributed by atoms with Gasteiger partial charge in [-0.15, -0.1) is 0 Å². The number of nitrogen functional groups attached to an aromatic ring is 1. The number of nitrogens with two attached hydrogens (primary N) is 1. The molecule has 0 spiro atoms. The Labute approximate surface area is 168 Å². The quantitative estimate of drug-likeness (QED) is 0.476. The van der Waals surface area contributed by atoms with Gasteiger partial charge in [0.2, 0.25) is 11.9 Å². The molecule has 1 fully saturated rings. The molecule has 6 nitrogen and oxygen atoms in total. The molecule has 0 radical (unpaired) electrons. The van der Waals surface area contributed by atoms with Crippen LogP contribution in [0.3, 0.4) is 0 Å². The highest BCUT2D eigenvalue weighted by Crippen LogP contribution is 2.59. The predicted octanol–water partition coefficient (Wildman–Crippen LogP) is 4.23. The second-order valence-corrected chi connectivity index (χ2v) is 7.15. The van der Waals surface area contributed by atoms with Gasteiger partial charge in [-0.1, -0.05) is 29.4 Å². The average Bonchev–Trinajstić information content (AvgIpc) is 3.37. The van der Waals surface area contributed by atoms with Crippen LogP contribution in [-0.4, -0.2) is 22.2 Å². The van der Waals surface area contributed by atoms with Gasteiger partial charge in [0, 0.05) is 11.6 Å². The van der Waals surface area contributed by atoms with Gasteiger partial charge in [-0.25, -0.2) is 4.98 Å². The van der Waals surface area contributed by atoms with Crippen molar-refractivity contribution in [3.8, 4) is 11.1 Å². The molecule has 1 amide bonds. The molecule has 2 heterocycles. The molecule has 1 aliphatic carbocycles. The van der Waals surface area contributed by atoms with Gasteiger partial charge < -0.3 is 15.6 Å². The van der Waals surface area contributed by atoms with Gasteiger partial charge in [-0.3, -0.25) is 4.79 Å². The minimum Gasteiger partial charge on any atom is -0.384 e. The van der Waals surface area contributed by atoms with E-state index >= 15 is 0 Å². The molecule has 0 atom stereocenters. The van der Waals surface area contributed by atoms with Gasteiger partial charge in [-0.05, 0) is 36.1 Å². The van der Waals surface area contributed by atoms with Gasteiger partial charge in [0.05, 0.1) is 6.42 Å². The highest BCUT2D eigenvalue weighted by Gasteiger charge is 2.66. The lowest BCUT2D eigenvalue weighted by atomic mass is 10.0. The van der Waals surface area contributed by atoms with Gasteiger partial charge in [0.15, 0.2) is 11.6 Å². The third-order valence-electron chi connectivity index (χ3n) is 5.04. The van der Waals surface area contributed by atoms with Crippen molar-refractivity contribution in [2.45, 2.75) is 30.9 Å². The normalized spacial score (nSPS) is 15.1. The number of anilines is 2. The van der Waals surface area contributed by atoms with E-state index in [0.717, 1.165) is 6.07 Å². The molecule has 3 N–H and O–H groups in total. The lowest BCUT2D eigenvalue weighted by Gasteiger charge is -2.14. The fraction of sp³-hybridized carbons (Fsp3) is 0.250. The number of hydrogen-bond donors (Lipinski definition) is 2. The first-order chi connectivity index (χ1) is 14.2. The van der Waals surface area contributed by atoms with Crippen LogP contribution in [0.15, 0.2) is 47.0 Å². The Morgan fingerprint density at radius 3 is 2.47 bits per heavy atom. The maximum absolute atomic E-state index is 13.9. The van der Waals surface area contributed by atoms with E-state index in [-0.39, 0.29) is 42.2 Å². The van der Waals surface area contributed by atoms with Crippen LogP contribution in [0.2, 0.25) is 0 Å². The number of alkyl halides is 3. The van der Waals surface area contributed by atoms with E-state index in [1.807, 2.05) is 0 Å². The molecule has 4 rings (SSSR count). The van der Waals surface area contributed by atoms with Crippen molar-refractivity contribution in [2.24, 2.45) is 0 Å². The van der Waals surface area contributed by atoms with E-state index in [0.29, 0.717) is 11.1 Å². The van der Waals surface area contributed by atoms with E-state index in [1.165, 1.54) is 12.1 Å². The summed E-state index contributed by atoms with van der Waals surface area (Å²) in [6, 6.07) is 10.6. The molecule has 0 unspecified atom stereocenters. The summed E-state index contributed by atoms with van der Waals surface area (Å²) < 4.78 is 58.1. The fourth-order valence-electron chi connectivity index (χ4n) is 3.19. The summed E-state index contributed by atoms with van der Waals surface area (Å²) in [5.41, 5.74) is 4.90. The molecule has 1 aromatic carbocycles. The Morgan fingerprint density at radius 2 is 1.87 bits per heavy atom. The van der Waals surface area contributed by atoms with E-state index in [9.17, 15) is 22.4 Å². The molecule has 3 aromatic rings. The van der Waals surface area contributed by atoms with E-state index in [1.54, 1.807) is 24.3 Å². The lowest BCUT2D eigenvalue weighted by molar-refractivity contribution is -0.165. The monoisotopic (exact) mass is 420 g/mol. The third kappa shape index (κ3) is 3.72. The van der Waals surface area contributed by atoms with Crippen molar-refractivity contribution in [3.63, 3.8) is 0 Å². The van der Waals surface area contributed by atoms with Crippen molar-refractivity contribution >= 4 is 17.5 Å². The Morgan fingerprint density at radius 1 is 1.17 bits per heavy atom. The summed E-state index contributed by atoms with van der Waals surface area (Å²) in [5, 5.41) is 5.95. The summed E-state index contributed by atoms with van der Waals surface area (Å²) >= 11 is 0. The Kier molecular flexibility index (Phi) is 4.71. The number of benzene rings is 1. The first-order valence-corrected chi connectivity index (χ1v) is 9.03. The molecule has 1 saturated carbocycles. The van der Waals surface area contributed by atoms with Crippen LogP contribution >= 0.6 is 0 Å². The van der Waals surface area contributed by atoms with Gasteiger partial charge in [-0.2, -0.15) is 17.6 Å². The number of rotatable bonds is 5. The van der Waals surface area contributed by atoms with Crippen LogP contribution in [0.25, 0.3) is 11.1 Å². The molecule has 1 aliphatic rings. The summed E-state index contributed by atoms with van der Waals surface area (Å²) in [6.45, 7) is 0. The second kappa shape index (κ2) is 7.12. The van der Waals surface area contributed by atoms with Crippen molar-refractivity contribution in [2.75, 3.05) is 11.1 Å². The number of halogens is 4. The van der Waals surface area contributed by atoms with Crippen molar-refractivity contribution in [1.29, 1.82) is 0 Å². The summed E-state index contributed by atoms with van der Waals surface area (Å²) in [5.74, 6) is -1.47. The molecule has 0 saturated heterocycles. The van der Waals surface area contributed by atoms with Gasteiger partial charge in [0.1, 0.15) is 11.2 Å². The SMILES string of the molecule is Nc1ccc(-c2ccc(CC(=O)Nc3cc(C4(C(F)(F)F)CC4)on3)cc2)c(F)n1. The third-order valence-corrected chi connectivity index (χ3v) is 5.04. The van der Waals surface area contributed by atoms with Crippen LogP contribution in [0.4, 0.5) is 29.2 Å². The van der Waals surface area contributed by atoms with E-state index < -0.39 is 23.4 Å². The van der Waals surface area contributed by atoms with Gasteiger partial charge >= 0.3 is 6.18 Å². The Bertz CT molecular complexity index is 1090. The lowest BCUT2D eigenvalue weighted by Crippen LogP contribution is -2.28. The number of nitrogens with zero attached hydrogens (tertiary/aromatic N) is 2. The second-order valence-electron chi connectivity index (χ2n) is 7.15. The molecular weight excluding hydrogens is 404 g/mol. The summed E-state index contributed by atoms with van der Waals surface area (Å²) in [6.07, 6.45) is -4.59. The van der Waals surface area contributed by atoms with Crippen molar-refractivity contribution < 1.29 is 26.9 Å². The zero-order valence-corrected chi connectivity index (χ0v) is 15.5. The maximum atomic E-state index is 13.9. The number of pyridine rings is 1. The van der Waals surface area contributed by atoms with Crippen molar-refractivity contribution in [3.05, 3.63) is 59.7 Å². The Hall–Kier alpha value is -3.43. The number of aromatic nitrogens is 2. The first kappa shape index (κ1) is 19.9. The molecule has 10 heteroatoms. The van der Waals surface area contributed by atoms with Crippen LogP contribution in [0.5, 0.6) is 0 Å². The van der Waals surface area contributed by atoms with E-state index in [2.05, 4.69) is 15.5 Å². The minimum atomic E-state index is -4.42. The molecule has 30 heavy (non-hydrogen) atoms.